The minimum atomic E-state index is -0.555. The van der Waals surface area contributed by atoms with Gasteiger partial charge in [-0.25, -0.2) is 15.8 Å². The van der Waals surface area contributed by atoms with Gasteiger partial charge in [-0.05, 0) is 36.8 Å². The van der Waals surface area contributed by atoms with Crippen molar-refractivity contribution in [2.24, 2.45) is 16.6 Å². The molecule has 0 saturated heterocycles. The maximum atomic E-state index is 12.8. The summed E-state index contributed by atoms with van der Waals surface area (Å²) in [7, 11) is 0. The van der Waals surface area contributed by atoms with Crippen molar-refractivity contribution in [3.05, 3.63) is 64.7 Å². The van der Waals surface area contributed by atoms with Crippen LogP contribution in [0.2, 0.25) is 0 Å². The van der Waals surface area contributed by atoms with E-state index in [1.807, 2.05) is 37.3 Å². The second-order valence-electron chi connectivity index (χ2n) is 5.81. The Morgan fingerprint density at radius 1 is 1.24 bits per heavy atom. The number of carbonyl (C=O) groups is 1. The number of guanidine groups is 1. The van der Waals surface area contributed by atoms with E-state index in [9.17, 15) is 4.79 Å². The van der Waals surface area contributed by atoms with Crippen molar-refractivity contribution in [2.75, 3.05) is 0 Å². The molecule has 1 unspecified atom stereocenters. The second kappa shape index (κ2) is 5.92. The van der Waals surface area contributed by atoms with E-state index in [1.165, 1.54) is 21.5 Å². The number of aliphatic imine (C=N–C) groups is 1. The first kappa shape index (κ1) is 15.7. The number of carbonyl (C=O) groups excluding carboxylic acids is 1. The van der Waals surface area contributed by atoms with Gasteiger partial charge in [-0.1, -0.05) is 23.8 Å². The van der Waals surface area contributed by atoms with Crippen LogP contribution >= 0.6 is 11.3 Å². The number of hydrazine groups is 2. The summed E-state index contributed by atoms with van der Waals surface area (Å²) < 4.78 is 1.03. The standard InChI is InChI=1S/C17H16N6OS/c1-10-3-2-4-12(7-10)16(24)22-17(18)21-15(23(22)19)11-5-6-13-14(8-11)25-9-20-13/h2-9,15H,19H2,1H3,(H2,18,21). The molecule has 3 aromatic rings. The molecule has 7 nitrogen and oxygen atoms in total. The van der Waals surface area contributed by atoms with Gasteiger partial charge < -0.3 is 5.73 Å². The van der Waals surface area contributed by atoms with Gasteiger partial charge in [-0.15, -0.1) is 16.5 Å². The highest BCUT2D eigenvalue weighted by molar-refractivity contribution is 7.16. The maximum Gasteiger partial charge on any atom is 0.276 e. The monoisotopic (exact) mass is 352 g/mol. The summed E-state index contributed by atoms with van der Waals surface area (Å²) in [6.07, 6.45) is -0.555. The summed E-state index contributed by atoms with van der Waals surface area (Å²) in [4.78, 5) is 21.4. The molecule has 0 fully saturated rings. The molecular weight excluding hydrogens is 336 g/mol. The van der Waals surface area contributed by atoms with Crippen molar-refractivity contribution in [1.29, 1.82) is 0 Å². The van der Waals surface area contributed by atoms with E-state index < -0.39 is 6.17 Å². The Morgan fingerprint density at radius 3 is 2.88 bits per heavy atom. The molecule has 25 heavy (non-hydrogen) atoms. The highest BCUT2D eigenvalue weighted by atomic mass is 32.1. The SMILES string of the molecule is Cc1cccc(C(=O)N2C(N)=NC(c3ccc4ncsc4c3)N2N)c1. The Morgan fingerprint density at radius 2 is 2.08 bits per heavy atom. The lowest BCUT2D eigenvalue weighted by Gasteiger charge is -2.26. The second-order valence-corrected chi connectivity index (χ2v) is 6.69. The largest absolute Gasteiger partial charge is 0.368 e. The van der Waals surface area contributed by atoms with Gasteiger partial charge in [-0.2, -0.15) is 5.01 Å². The van der Waals surface area contributed by atoms with Crippen molar-refractivity contribution >= 4 is 33.4 Å². The molecule has 2 aromatic carbocycles. The van der Waals surface area contributed by atoms with Gasteiger partial charge in [0, 0.05) is 5.56 Å². The molecule has 4 rings (SSSR count). The van der Waals surface area contributed by atoms with Crippen LogP contribution in [0.15, 0.2) is 53.0 Å². The van der Waals surface area contributed by atoms with Gasteiger partial charge in [0.15, 0.2) is 6.17 Å². The van der Waals surface area contributed by atoms with Crippen LogP contribution in [-0.4, -0.2) is 27.0 Å². The van der Waals surface area contributed by atoms with Crippen LogP contribution in [0, 0.1) is 6.92 Å². The highest BCUT2D eigenvalue weighted by Gasteiger charge is 2.36. The van der Waals surface area contributed by atoms with Gasteiger partial charge in [0.25, 0.3) is 5.91 Å². The Labute approximate surface area is 148 Å². The molecule has 1 aliphatic heterocycles. The van der Waals surface area contributed by atoms with Crippen LogP contribution < -0.4 is 11.6 Å². The molecule has 0 saturated carbocycles. The molecule has 126 valence electrons. The van der Waals surface area contributed by atoms with Gasteiger partial charge in [0.1, 0.15) is 0 Å². The fourth-order valence-electron chi connectivity index (χ4n) is 2.84. The average molecular weight is 352 g/mol. The number of nitrogens with two attached hydrogens (primary N) is 2. The minimum Gasteiger partial charge on any atom is -0.368 e. The van der Waals surface area contributed by atoms with Crippen LogP contribution in [0.25, 0.3) is 10.2 Å². The van der Waals surface area contributed by atoms with Crippen LogP contribution in [0.5, 0.6) is 0 Å². The fourth-order valence-corrected chi connectivity index (χ4v) is 3.56. The Hall–Kier alpha value is -2.81. The molecule has 1 aromatic heterocycles. The zero-order valence-corrected chi connectivity index (χ0v) is 14.3. The zero-order valence-electron chi connectivity index (χ0n) is 13.5. The van der Waals surface area contributed by atoms with E-state index in [0.717, 1.165) is 21.3 Å². The molecule has 2 heterocycles. The van der Waals surface area contributed by atoms with Crippen LogP contribution in [0.1, 0.15) is 27.7 Å². The quantitative estimate of drug-likeness (QED) is 0.688. The minimum absolute atomic E-state index is 0.0726. The third-order valence-corrected chi connectivity index (χ3v) is 4.86. The zero-order chi connectivity index (χ0) is 17.6. The number of aromatic nitrogens is 1. The first-order valence-corrected chi connectivity index (χ1v) is 8.54. The maximum absolute atomic E-state index is 12.8. The fraction of sp³-hybridized carbons (Fsp3) is 0.118. The van der Waals surface area contributed by atoms with Crippen molar-refractivity contribution in [3.63, 3.8) is 0 Å². The van der Waals surface area contributed by atoms with E-state index >= 15 is 0 Å². The first-order valence-electron chi connectivity index (χ1n) is 7.66. The van der Waals surface area contributed by atoms with Gasteiger partial charge in [0.05, 0.1) is 15.7 Å². The number of fused-ring (bicyclic) bond motifs is 1. The molecule has 1 atom stereocenters. The number of hydrogen-bond donors (Lipinski definition) is 2. The summed E-state index contributed by atoms with van der Waals surface area (Å²) >= 11 is 1.54. The van der Waals surface area contributed by atoms with Gasteiger partial charge in [-0.3, -0.25) is 4.79 Å². The predicted molar refractivity (Wildman–Crippen MR) is 97.4 cm³/mol. The third kappa shape index (κ3) is 2.66. The summed E-state index contributed by atoms with van der Waals surface area (Å²) in [5.41, 5.74) is 11.0. The summed E-state index contributed by atoms with van der Waals surface area (Å²) in [5.74, 6) is 5.93. The van der Waals surface area contributed by atoms with E-state index in [0.29, 0.717) is 5.56 Å². The predicted octanol–water partition coefficient (Wildman–Crippen LogP) is 2.16. The van der Waals surface area contributed by atoms with Gasteiger partial charge in [0.2, 0.25) is 5.96 Å². The van der Waals surface area contributed by atoms with Crippen molar-refractivity contribution in [2.45, 2.75) is 13.1 Å². The number of thiazole rings is 1. The number of benzene rings is 2. The van der Waals surface area contributed by atoms with E-state index in [-0.39, 0.29) is 11.9 Å². The summed E-state index contributed by atoms with van der Waals surface area (Å²) in [6.45, 7) is 1.92. The van der Waals surface area contributed by atoms with Crippen LogP contribution in [-0.2, 0) is 0 Å². The van der Waals surface area contributed by atoms with E-state index in [1.54, 1.807) is 17.6 Å². The lowest BCUT2D eigenvalue weighted by molar-refractivity contribution is 0.0199. The van der Waals surface area contributed by atoms with Crippen LogP contribution in [0.3, 0.4) is 0 Å². The lowest BCUT2D eigenvalue weighted by Crippen LogP contribution is -2.52. The molecule has 1 aliphatic rings. The third-order valence-electron chi connectivity index (χ3n) is 4.06. The smallest absolute Gasteiger partial charge is 0.276 e. The Kier molecular flexibility index (Phi) is 3.72. The Bertz CT molecular complexity index is 997. The molecule has 8 heteroatoms. The molecule has 0 radical (unpaired) electrons. The molecular formula is C17H16N6OS. The number of rotatable bonds is 2. The normalized spacial score (nSPS) is 17.9. The molecule has 0 spiro atoms. The highest BCUT2D eigenvalue weighted by Crippen LogP contribution is 2.30. The van der Waals surface area contributed by atoms with Crippen molar-refractivity contribution in [3.8, 4) is 0 Å². The summed E-state index contributed by atoms with van der Waals surface area (Å²) in [6, 6.07) is 13.0. The molecule has 0 bridgehead atoms. The van der Waals surface area contributed by atoms with Crippen LogP contribution in [0.4, 0.5) is 0 Å². The Balaban J connectivity index is 1.66. The topological polar surface area (TPSA) is 101 Å². The molecule has 4 N–H and O–H groups in total. The van der Waals surface area contributed by atoms with E-state index in [4.69, 9.17) is 11.6 Å². The molecule has 0 aliphatic carbocycles. The van der Waals surface area contributed by atoms with E-state index in [2.05, 4.69) is 9.98 Å². The number of amides is 1. The lowest BCUT2D eigenvalue weighted by atomic mass is 10.1. The molecule has 1 amide bonds. The number of nitrogens with zero attached hydrogens (tertiary/aromatic N) is 4. The average Bonchev–Trinajstić information content (AvgIpc) is 3.17. The number of aryl methyl sites for hydroxylation is 1. The number of hydrogen-bond acceptors (Lipinski definition) is 7. The van der Waals surface area contributed by atoms with Crippen molar-refractivity contribution < 1.29 is 4.79 Å². The van der Waals surface area contributed by atoms with Gasteiger partial charge >= 0.3 is 0 Å². The van der Waals surface area contributed by atoms with Crippen molar-refractivity contribution in [1.82, 2.24) is 15.1 Å². The first-order chi connectivity index (χ1) is 12.0. The summed E-state index contributed by atoms with van der Waals surface area (Å²) in [5, 5.41) is 2.47.